The van der Waals surface area contributed by atoms with Gasteiger partial charge in [0.05, 0.1) is 16.7 Å². The summed E-state index contributed by atoms with van der Waals surface area (Å²) in [5, 5.41) is 0.689. The number of alkyl halides is 1. The van der Waals surface area contributed by atoms with Crippen LogP contribution in [0.25, 0.3) is 16.7 Å². The molecule has 0 bridgehead atoms. The molecule has 3 aromatic rings. The Morgan fingerprint density at radius 3 is 2.62 bits per heavy atom. The van der Waals surface area contributed by atoms with Crippen molar-refractivity contribution in [2.45, 2.75) is 6.42 Å². The summed E-state index contributed by atoms with van der Waals surface area (Å²) >= 11 is 19.2. The van der Waals surface area contributed by atoms with Gasteiger partial charge in [-0.05, 0) is 52.3 Å². The van der Waals surface area contributed by atoms with Gasteiger partial charge in [0.1, 0.15) is 5.82 Å². The number of imidazole rings is 1. The van der Waals surface area contributed by atoms with E-state index in [9.17, 15) is 0 Å². The van der Waals surface area contributed by atoms with E-state index < -0.39 is 0 Å². The molecule has 1 aromatic heterocycles. The second-order valence-corrected chi connectivity index (χ2v) is 7.12. The molecule has 0 aliphatic rings. The van der Waals surface area contributed by atoms with Gasteiger partial charge in [-0.25, -0.2) is 4.98 Å². The lowest BCUT2D eigenvalue weighted by Crippen LogP contribution is -2.03. The van der Waals surface area contributed by atoms with Crippen molar-refractivity contribution in [3.63, 3.8) is 0 Å². The fourth-order valence-electron chi connectivity index (χ4n) is 2.28. The van der Waals surface area contributed by atoms with Gasteiger partial charge >= 0.3 is 0 Å². The maximum atomic E-state index is 6.14. The molecule has 0 amide bonds. The summed E-state index contributed by atoms with van der Waals surface area (Å²) < 4.78 is 4.09. The molecule has 0 saturated carbocycles. The van der Waals surface area contributed by atoms with Crippen LogP contribution >= 0.6 is 55.1 Å². The largest absolute Gasteiger partial charge is 0.295 e. The summed E-state index contributed by atoms with van der Waals surface area (Å²) in [6.07, 6.45) is 0.691. The average molecular weight is 449 g/mol. The van der Waals surface area contributed by atoms with Crippen LogP contribution in [-0.4, -0.2) is 15.4 Å². The highest BCUT2D eigenvalue weighted by Gasteiger charge is 2.14. The van der Waals surface area contributed by atoms with Gasteiger partial charge in [0.15, 0.2) is 0 Å². The maximum absolute atomic E-state index is 6.14. The molecule has 0 aliphatic carbocycles. The average Bonchev–Trinajstić information content (AvgIpc) is 2.77. The van der Waals surface area contributed by atoms with Crippen molar-refractivity contribution in [2.75, 3.05) is 5.88 Å². The highest BCUT2D eigenvalue weighted by atomic mass is 79.9. The van der Waals surface area contributed by atoms with Crippen LogP contribution in [-0.2, 0) is 6.42 Å². The number of aromatic nitrogens is 2. The van der Waals surface area contributed by atoms with Gasteiger partial charge in [0.2, 0.25) is 0 Å². The quantitative estimate of drug-likeness (QED) is 0.450. The fraction of sp³-hybridized carbons (Fsp3) is 0.133. The lowest BCUT2D eigenvalue weighted by Gasteiger charge is -2.11. The van der Waals surface area contributed by atoms with Crippen LogP contribution in [0.1, 0.15) is 5.82 Å². The molecule has 0 saturated heterocycles. The zero-order valence-electron chi connectivity index (χ0n) is 10.8. The number of fused-ring (bicyclic) bond motifs is 1. The van der Waals surface area contributed by atoms with E-state index in [1.165, 1.54) is 0 Å². The van der Waals surface area contributed by atoms with Crippen molar-refractivity contribution in [3.8, 4) is 5.69 Å². The molecule has 0 N–H and O–H groups in total. The first-order valence-electron chi connectivity index (χ1n) is 6.28. The van der Waals surface area contributed by atoms with E-state index in [4.69, 9.17) is 23.2 Å². The van der Waals surface area contributed by atoms with Crippen LogP contribution in [0.5, 0.6) is 0 Å². The van der Waals surface area contributed by atoms with Crippen LogP contribution in [0.3, 0.4) is 0 Å². The van der Waals surface area contributed by atoms with Crippen molar-refractivity contribution >= 4 is 66.1 Å². The summed E-state index contributed by atoms with van der Waals surface area (Å²) in [5.41, 5.74) is 2.91. The molecular weight excluding hydrogens is 439 g/mol. The van der Waals surface area contributed by atoms with Crippen LogP contribution in [0.15, 0.2) is 45.3 Å². The molecule has 108 valence electrons. The van der Waals surface area contributed by atoms with Crippen LogP contribution < -0.4 is 0 Å². The van der Waals surface area contributed by atoms with Gasteiger partial charge in [-0.2, -0.15) is 0 Å². The number of benzene rings is 2. The third kappa shape index (κ3) is 3.00. The first-order chi connectivity index (χ1) is 10.1. The van der Waals surface area contributed by atoms with Gasteiger partial charge in [0.25, 0.3) is 0 Å². The predicted octanol–water partition coefficient (Wildman–Crippen LogP) is 5.99. The highest BCUT2D eigenvalue weighted by molar-refractivity contribution is 9.11. The Bertz CT molecular complexity index is 815. The minimum Gasteiger partial charge on any atom is -0.295 e. The van der Waals surface area contributed by atoms with E-state index in [-0.39, 0.29) is 0 Å². The number of aryl methyl sites for hydroxylation is 1. The number of rotatable bonds is 3. The van der Waals surface area contributed by atoms with Crippen molar-refractivity contribution in [1.82, 2.24) is 9.55 Å². The molecule has 0 spiro atoms. The standard InChI is InChI=1S/C15H10Br2Cl2N2/c16-9-1-4-13(11(17)7-9)21-14-8-10(19)2-3-12(14)20-15(21)5-6-18/h1-4,7-8H,5-6H2. The molecule has 0 fully saturated rings. The van der Waals surface area contributed by atoms with Crippen LogP contribution in [0, 0.1) is 0 Å². The Kier molecular flexibility index (Phi) is 4.60. The summed E-state index contributed by atoms with van der Waals surface area (Å²) in [4.78, 5) is 4.67. The lowest BCUT2D eigenvalue weighted by atomic mass is 10.2. The zero-order chi connectivity index (χ0) is 15.0. The topological polar surface area (TPSA) is 17.8 Å². The Morgan fingerprint density at radius 2 is 1.90 bits per heavy atom. The van der Waals surface area contributed by atoms with E-state index >= 15 is 0 Å². The fourth-order valence-corrected chi connectivity index (χ4v) is 3.84. The predicted molar refractivity (Wildman–Crippen MR) is 95.9 cm³/mol. The monoisotopic (exact) mass is 446 g/mol. The summed E-state index contributed by atoms with van der Waals surface area (Å²) in [7, 11) is 0. The zero-order valence-corrected chi connectivity index (χ0v) is 15.5. The first kappa shape index (κ1) is 15.3. The van der Waals surface area contributed by atoms with Crippen LogP contribution in [0.4, 0.5) is 0 Å². The van der Waals surface area contributed by atoms with Crippen molar-refractivity contribution in [3.05, 3.63) is 56.2 Å². The van der Waals surface area contributed by atoms with E-state index in [1.54, 1.807) is 0 Å². The third-order valence-corrected chi connectivity index (χ3v) is 4.71. The summed E-state index contributed by atoms with van der Waals surface area (Å²) in [5.74, 6) is 1.44. The maximum Gasteiger partial charge on any atom is 0.115 e. The van der Waals surface area contributed by atoms with Gasteiger partial charge in [-0.1, -0.05) is 27.5 Å². The number of hydrogen-bond donors (Lipinski definition) is 0. The number of nitrogens with zero attached hydrogens (tertiary/aromatic N) is 2. The Balaban J connectivity index is 2.32. The van der Waals surface area contributed by atoms with Gasteiger partial charge in [0, 0.05) is 26.3 Å². The minimum atomic E-state index is 0.519. The van der Waals surface area contributed by atoms with E-state index in [0.717, 1.165) is 31.5 Å². The van der Waals surface area contributed by atoms with Crippen molar-refractivity contribution in [1.29, 1.82) is 0 Å². The molecule has 0 atom stereocenters. The van der Waals surface area contributed by atoms with E-state index in [0.29, 0.717) is 17.3 Å². The molecule has 6 heteroatoms. The van der Waals surface area contributed by atoms with Gasteiger partial charge in [-0.15, -0.1) is 11.6 Å². The second-order valence-electron chi connectivity index (χ2n) is 4.53. The Morgan fingerprint density at radius 1 is 1.10 bits per heavy atom. The molecule has 0 aliphatic heterocycles. The van der Waals surface area contributed by atoms with Crippen molar-refractivity contribution < 1.29 is 0 Å². The van der Waals surface area contributed by atoms with E-state index in [1.807, 2.05) is 36.4 Å². The summed E-state index contributed by atoms with van der Waals surface area (Å²) in [6.45, 7) is 0. The van der Waals surface area contributed by atoms with Gasteiger partial charge in [-0.3, -0.25) is 4.57 Å². The number of hydrogen-bond acceptors (Lipinski definition) is 1. The third-order valence-electron chi connectivity index (χ3n) is 3.15. The van der Waals surface area contributed by atoms with E-state index in [2.05, 4.69) is 41.4 Å². The minimum absolute atomic E-state index is 0.519. The molecule has 2 aromatic carbocycles. The Labute approximate surface area is 149 Å². The smallest absolute Gasteiger partial charge is 0.115 e. The molecular formula is C15H10Br2Cl2N2. The molecule has 0 unspecified atom stereocenters. The Hall–Kier alpha value is -0.550. The molecule has 0 radical (unpaired) electrons. The van der Waals surface area contributed by atoms with Crippen LogP contribution in [0.2, 0.25) is 5.02 Å². The highest BCUT2D eigenvalue weighted by Crippen LogP contribution is 2.31. The first-order valence-corrected chi connectivity index (χ1v) is 8.78. The molecule has 1 heterocycles. The summed E-state index contributed by atoms with van der Waals surface area (Å²) in [6, 6.07) is 11.8. The van der Waals surface area contributed by atoms with Gasteiger partial charge < -0.3 is 0 Å². The molecule has 3 rings (SSSR count). The molecule has 2 nitrogen and oxygen atoms in total. The second kappa shape index (κ2) is 6.29. The lowest BCUT2D eigenvalue weighted by molar-refractivity contribution is 0.909. The molecule has 21 heavy (non-hydrogen) atoms. The SMILES string of the molecule is ClCCc1nc2ccc(Cl)cc2n1-c1ccc(Br)cc1Br. The van der Waals surface area contributed by atoms with Crippen molar-refractivity contribution in [2.24, 2.45) is 0 Å². The normalized spacial score (nSPS) is 11.2. The number of halogens is 4.